The van der Waals surface area contributed by atoms with Crippen molar-refractivity contribution < 1.29 is 9.18 Å². The van der Waals surface area contributed by atoms with Gasteiger partial charge in [0.1, 0.15) is 11.6 Å². The van der Waals surface area contributed by atoms with Crippen molar-refractivity contribution in [3.05, 3.63) is 65.7 Å². The Morgan fingerprint density at radius 3 is 2.25 bits per heavy atom. The second-order valence-corrected chi connectivity index (χ2v) is 5.36. The highest BCUT2D eigenvalue weighted by Crippen LogP contribution is 2.20. The first-order chi connectivity index (χ1) is 11.5. The van der Waals surface area contributed by atoms with Gasteiger partial charge in [-0.2, -0.15) is 4.98 Å². The van der Waals surface area contributed by atoms with E-state index in [1.165, 1.54) is 12.1 Å². The maximum absolute atomic E-state index is 13.0. The number of carbonyl (C=O) groups is 1. The lowest BCUT2D eigenvalue weighted by Crippen LogP contribution is -2.27. The van der Waals surface area contributed by atoms with Crippen LogP contribution in [0.2, 0.25) is 0 Å². The van der Waals surface area contributed by atoms with Gasteiger partial charge in [0.2, 0.25) is 5.95 Å². The van der Waals surface area contributed by atoms with Gasteiger partial charge in [-0.1, -0.05) is 24.3 Å². The quantitative estimate of drug-likeness (QED) is 0.687. The van der Waals surface area contributed by atoms with Crippen LogP contribution in [0, 0.1) is 5.82 Å². The zero-order valence-electron chi connectivity index (χ0n) is 13.0. The molecule has 0 aliphatic heterocycles. The topological polar surface area (TPSA) is 96.7 Å². The number of nitrogen functional groups attached to an aromatic ring is 1. The van der Waals surface area contributed by atoms with Crippen molar-refractivity contribution >= 4 is 11.9 Å². The van der Waals surface area contributed by atoms with Crippen molar-refractivity contribution in [3.63, 3.8) is 0 Å². The molecular formula is C17H16FN5O. The monoisotopic (exact) mass is 325 g/mol. The second kappa shape index (κ2) is 6.49. The molecule has 0 aliphatic rings. The number of hydrogen-bond acceptors (Lipinski definition) is 4. The summed E-state index contributed by atoms with van der Waals surface area (Å²) < 4.78 is 13.0. The molecule has 1 aromatic heterocycles. The molecule has 1 atom stereocenters. The fourth-order valence-electron chi connectivity index (χ4n) is 2.29. The molecule has 2 aromatic carbocycles. The third kappa shape index (κ3) is 3.40. The molecule has 0 saturated carbocycles. The summed E-state index contributed by atoms with van der Waals surface area (Å²) in [4.78, 5) is 16.3. The average Bonchev–Trinajstić information content (AvgIpc) is 3.02. The predicted octanol–water partition coefficient (Wildman–Crippen LogP) is 2.68. The van der Waals surface area contributed by atoms with Gasteiger partial charge in [0.25, 0.3) is 5.91 Å². The van der Waals surface area contributed by atoms with Crippen molar-refractivity contribution in [3.8, 4) is 11.1 Å². The summed E-state index contributed by atoms with van der Waals surface area (Å²) in [5, 5.41) is 9.21. The van der Waals surface area contributed by atoms with Gasteiger partial charge < -0.3 is 11.1 Å². The summed E-state index contributed by atoms with van der Waals surface area (Å²) in [6, 6.07) is 12.9. The molecule has 1 unspecified atom stereocenters. The van der Waals surface area contributed by atoms with Crippen molar-refractivity contribution in [2.24, 2.45) is 0 Å². The summed E-state index contributed by atoms with van der Waals surface area (Å²) in [6.45, 7) is 1.78. The van der Waals surface area contributed by atoms with E-state index in [9.17, 15) is 9.18 Å². The molecule has 0 radical (unpaired) electrons. The third-order valence-corrected chi connectivity index (χ3v) is 3.60. The lowest BCUT2D eigenvalue weighted by atomic mass is 10.0. The molecule has 24 heavy (non-hydrogen) atoms. The number of nitrogens with zero attached hydrogens (tertiary/aromatic N) is 2. The summed E-state index contributed by atoms with van der Waals surface area (Å²) in [5.41, 5.74) is 7.75. The van der Waals surface area contributed by atoms with E-state index in [2.05, 4.69) is 20.5 Å². The maximum Gasteiger partial charge on any atom is 0.251 e. The maximum atomic E-state index is 13.0. The number of anilines is 1. The molecule has 6 nitrogen and oxygen atoms in total. The van der Waals surface area contributed by atoms with Crippen molar-refractivity contribution in [1.82, 2.24) is 20.5 Å². The van der Waals surface area contributed by atoms with Crippen molar-refractivity contribution in [2.45, 2.75) is 13.0 Å². The number of amides is 1. The number of benzene rings is 2. The van der Waals surface area contributed by atoms with E-state index in [1.54, 1.807) is 31.2 Å². The molecule has 1 heterocycles. The smallest absolute Gasteiger partial charge is 0.251 e. The normalized spacial score (nSPS) is 11.9. The van der Waals surface area contributed by atoms with E-state index in [-0.39, 0.29) is 23.7 Å². The number of H-pyrrole nitrogens is 1. The molecule has 122 valence electrons. The summed E-state index contributed by atoms with van der Waals surface area (Å²) in [7, 11) is 0. The van der Waals surface area contributed by atoms with E-state index in [0.29, 0.717) is 11.4 Å². The lowest BCUT2D eigenvalue weighted by molar-refractivity contribution is 0.0938. The van der Waals surface area contributed by atoms with Crippen LogP contribution in [-0.4, -0.2) is 21.1 Å². The van der Waals surface area contributed by atoms with Gasteiger partial charge in [0.15, 0.2) is 0 Å². The van der Waals surface area contributed by atoms with Crippen molar-refractivity contribution in [2.75, 3.05) is 5.73 Å². The van der Waals surface area contributed by atoms with Crippen LogP contribution in [0.4, 0.5) is 10.3 Å². The largest absolute Gasteiger partial charge is 0.367 e. The van der Waals surface area contributed by atoms with Crippen LogP contribution in [0.3, 0.4) is 0 Å². The number of nitrogens with two attached hydrogens (primary N) is 1. The number of halogens is 1. The molecule has 1 amide bonds. The van der Waals surface area contributed by atoms with Gasteiger partial charge in [-0.25, -0.2) is 4.39 Å². The molecule has 4 N–H and O–H groups in total. The predicted molar refractivity (Wildman–Crippen MR) is 88.5 cm³/mol. The summed E-state index contributed by atoms with van der Waals surface area (Å²) in [6.07, 6.45) is 0. The number of aromatic nitrogens is 3. The fraction of sp³-hybridized carbons (Fsp3) is 0.118. The number of hydrogen-bond donors (Lipinski definition) is 3. The molecule has 3 rings (SSSR count). The molecule has 0 aliphatic carbocycles. The first kappa shape index (κ1) is 15.7. The third-order valence-electron chi connectivity index (χ3n) is 3.60. The molecular weight excluding hydrogens is 309 g/mol. The van der Waals surface area contributed by atoms with E-state index in [4.69, 9.17) is 5.73 Å². The summed E-state index contributed by atoms with van der Waals surface area (Å²) in [5.74, 6) is 0.110. The van der Waals surface area contributed by atoms with Crippen LogP contribution in [-0.2, 0) is 0 Å². The Kier molecular flexibility index (Phi) is 4.24. The van der Waals surface area contributed by atoms with E-state index in [0.717, 1.165) is 11.1 Å². The zero-order chi connectivity index (χ0) is 17.1. The molecule has 0 spiro atoms. The van der Waals surface area contributed by atoms with E-state index >= 15 is 0 Å². The minimum atomic E-state index is -0.348. The van der Waals surface area contributed by atoms with Crippen LogP contribution in [0.25, 0.3) is 11.1 Å². The molecule has 7 heteroatoms. The van der Waals surface area contributed by atoms with Gasteiger partial charge in [0.05, 0.1) is 6.04 Å². The highest BCUT2D eigenvalue weighted by Gasteiger charge is 2.14. The highest BCUT2D eigenvalue weighted by molar-refractivity contribution is 5.94. The summed E-state index contributed by atoms with van der Waals surface area (Å²) >= 11 is 0. The van der Waals surface area contributed by atoms with Crippen LogP contribution in [0.1, 0.15) is 29.1 Å². The Morgan fingerprint density at radius 2 is 1.71 bits per heavy atom. The first-order valence-corrected chi connectivity index (χ1v) is 7.37. The van der Waals surface area contributed by atoms with Gasteiger partial charge in [-0.05, 0) is 42.3 Å². The van der Waals surface area contributed by atoms with Crippen LogP contribution < -0.4 is 11.1 Å². The van der Waals surface area contributed by atoms with Crippen LogP contribution in [0.15, 0.2) is 48.5 Å². The second-order valence-electron chi connectivity index (χ2n) is 5.36. The number of rotatable bonds is 4. The standard InChI is InChI=1S/C17H16FN5O/c1-10(15-21-17(19)23-22-15)20-16(24)13-4-2-11(3-5-13)12-6-8-14(18)9-7-12/h2-10H,1H3,(H,20,24)(H3,19,21,22,23). The molecule has 0 bridgehead atoms. The Labute approximate surface area is 137 Å². The molecule has 0 fully saturated rings. The lowest BCUT2D eigenvalue weighted by Gasteiger charge is -2.11. The van der Waals surface area contributed by atoms with Crippen molar-refractivity contribution in [1.29, 1.82) is 0 Å². The van der Waals surface area contributed by atoms with Crippen LogP contribution in [0.5, 0.6) is 0 Å². The van der Waals surface area contributed by atoms with Gasteiger partial charge in [0, 0.05) is 5.56 Å². The minimum absolute atomic E-state index is 0.134. The highest BCUT2D eigenvalue weighted by atomic mass is 19.1. The SMILES string of the molecule is CC(NC(=O)c1ccc(-c2ccc(F)cc2)cc1)c1nc(N)n[nH]1. The average molecular weight is 325 g/mol. The molecule has 3 aromatic rings. The number of aromatic amines is 1. The fourth-order valence-corrected chi connectivity index (χ4v) is 2.29. The zero-order valence-corrected chi connectivity index (χ0v) is 13.0. The van der Waals surface area contributed by atoms with E-state index < -0.39 is 0 Å². The van der Waals surface area contributed by atoms with E-state index in [1.807, 2.05) is 12.1 Å². The Balaban J connectivity index is 1.70. The Morgan fingerprint density at radius 1 is 1.12 bits per heavy atom. The Hall–Kier alpha value is -3.22. The van der Waals surface area contributed by atoms with Gasteiger partial charge >= 0.3 is 0 Å². The number of nitrogens with one attached hydrogen (secondary N) is 2. The number of carbonyl (C=O) groups excluding carboxylic acids is 1. The molecule has 0 saturated heterocycles. The Bertz CT molecular complexity index is 842. The van der Waals surface area contributed by atoms with Gasteiger partial charge in [-0.3, -0.25) is 9.89 Å². The van der Waals surface area contributed by atoms with Crippen LogP contribution >= 0.6 is 0 Å². The van der Waals surface area contributed by atoms with Gasteiger partial charge in [-0.15, -0.1) is 5.10 Å². The first-order valence-electron chi connectivity index (χ1n) is 7.37. The minimum Gasteiger partial charge on any atom is -0.367 e.